The van der Waals surface area contributed by atoms with Crippen LogP contribution in [0.25, 0.3) is 0 Å². The molecule has 1 aromatic heterocycles. The zero-order valence-electron chi connectivity index (χ0n) is 11.7. The van der Waals surface area contributed by atoms with Crippen LogP contribution in [-0.4, -0.2) is 23.6 Å². The predicted octanol–water partition coefficient (Wildman–Crippen LogP) is 2.44. The van der Waals surface area contributed by atoms with Gasteiger partial charge >= 0.3 is 5.97 Å². The molecule has 6 heteroatoms. The fourth-order valence-electron chi connectivity index (χ4n) is 2.44. The Bertz CT molecular complexity index is 463. The Hall–Kier alpha value is -1.85. The number of aryl methyl sites for hydroxylation is 1. The first kappa shape index (κ1) is 14.6. The van der Waals surface area contributed by atoms with Crippen molar-refractivity contribution in [2.75, 3.05) is 11.9 Å². The highest BCUT2D eigenvalue weighted by molar-refractivity contribution is 5.91. The van der Waals surface area contributed by atoms with Gasteiger partial charge in [0.25, 0.3) is 5.91 Å². The molecule has 1 aromatic rings. The molecule has 1 amide bonds. The van der Waals surface area contributed by atoms with E-state index >= 15 is 0 Å². The van der Waals surface area contributed by atoms with E-state index in [0.29, 0.717) is 23.9 Å². The fraction of sp³-hybridized carbons (Fsp3) is 0.643. The van der Waals surface area contributed by atoms with Crippen LogP contribution in [0.1, 0.15) is 44.3 Å². The number of ether oxygens (including phenoxy) is 1. The minimum atomic E-state index is -0.407. The molecule has 110 valence electrons. The zero-order valence-corrected chi connectivity index (χ0v) is 11.7. The first-order chi connectivity index (χ1) is 9.63. The summed E-state index contributed by atoms with van der Waals surface area (Å²) < 4.78 is 9.80. The summed E-state index contributed by atoms with van der Waals surface area (Å²) in [5, 5.41) is 6.13. The summed E-state index contributed by atoms with van der Waals surface area (Å²) in [6.07, 6.45) is 6.20. The van der Waals surface area contributed by atoms with Gasteiger partial charge in [0.05, 0.1) is 0 Å². The maximum atomic E-state index is 11.6. The molecule has 0 aliphatic heterocycles. The Labute approximate surface area is 117 Å². The summed E-state index contributed by atoms with van der Waals surface area (Å²) in [6.45, 7) is 1.45. The van der Waals surface area contributed by atoms with Gasteiger partial charge < -0.3 is 14.6 Å². The number of carbonyl (C=O) groups is 2. The molecule has 0 unspecified atom stereocenters. The van der Waals surface area contributed by atoms with Gasteiger partial charge in [0, 0.05) is 12.5 Å². The average molecular weight is 280 g/mol. The second kappa shape index (κ2) is 7.07. The molecule has 6 nitrogen and oxygen atoms in total. The maximum Gasteiger partial charge on any atom is 0.306 e. The minimum Gasteiger partial charge on any atom is -0.456 e. The molecule has 0 aromatic carbocycles. The van der Waals surface area contributed by atoms with Crippen molar-refractivity contribution in [2.45, 2.75) is 45.4 Å². The number of hydrogen-bond donors (Lipinski definition) is 1. The van der Waals surface area contributed by atoms with Crippen LogP contribution in [0.3, 0.4) is 0 Å². The van der Waals surface area contributed by atoms with Gasteiger partial charge in [-0.2, -0.15) is 0 Å². The molecule has 20 heavy (non-hydrogen) atoms. The van der Waals surface area contributed by atoms with E-state index in [-0.39, 0.29) is 12.6 Å². The number of hydrogen-bond acceptors (Lipinski definition) is 5. The van der Waals surface area contributed by atoms with Crippen molar-refractivity contribution in [3.05, 3.63) is 11.8 Å². The van der Waals surface area contributed by atoms with E-state index in [1.54, 1.807) is 13.0 Å². The summed E-state index contributed by atoms with van der Waals surface area (Å²) in [6, 6.07) is 1.60. The second-order valence-corrected chi connectivity index (χ2v) is 5.24. The maximum absolute atomic E-state index is 11.6. The van der Waals surface area contributed by atoms with Gasteiger partial charge in [-0.05, 0) is 25.7 Å². The zero-order chi connectivity index (χ0) is 14.4. The third-order valence-electron chi connectivity index (χ3n) is 3.44. The van der Waals surface area contributed by atoms with Crippen molar-refractivity contribution in [3.8, 4) is 0 Å². The van der Waals surface area contributed by atoms with E-state index in [1.165, 1.54) is 19.3 Å². The number of amides is 1. The topological polar surface area (TPSA) is 81.4 Å². The van der Waals surface area contributed by atoms with Crippen LogP contribution in [0.15, 0.2) is 10.6 Å². The third-order valence-corrected chi connectivity index (χ3v) is 3.44. The molecule has 1 N–H and O–H groups in total. The lowest BCUT2D eigenvalue weighted by Crippen LogP contribution is -2.22. The largest absolute Gasteiger partial charge is 0.456 e. The van der Waals surface area contributed by atoms with E-state index in [1.807, 2.05) is 0 Å². The third kappa shape index (κ3) is 4.68. The average Bonchev–Trinajstić information content (AvgIpc) is 2.83. The van der Waals surface area contributed by atoms with Crippen molar-refractivity contribution >= 4 is 17.7 Å². The molecule has 2 rings (SSSR count). The second-order valence-electron chi connectivity index (χ2n) is 5.24. The number of nitrogens with zero attached hydrogens (tertiary/aromatic N) is 1. The lowest BCUT2D eigenvalue weighted by Gasteiger charge is -2.20. The summed E-state index contributed by atoms with van der Waals surface area (Å²) in [5.74, 6) is 0.640. The molecular formula is C14H20N2O4. The molecule has 0 bridgehead atoms. The Kier molecular flexibility index (Phi) is 5.15. The molecule has 0 saturated heterocycles. The van der Waals surface area contributed by atoms with Crippen LogP contribution in [-0.2, 0) is 14.3 Å². The molecule has 0 radical (unpaired) electrons. The van der Waals surface area contributed by atoms with Crippen molar-refractivity contribution in [1.29, 1.82) is 0 Å². The predicted molar refractivity (Wildman–Crippen MR) is 72.0 cm³/mol. The molecule has 0 atom stereocenters. The molecule has 0 spiro atoms. The quantitative estimate of drug-likeness (QED) is 0.838. The fourth-order valence-corrected chi connectivity index (χ4v) is 2.44. The first-order valence-corrected chi connectivity index (χ1v) is 7.02. The van der Waals surface area contributed by atoms with Crippen LogP contribution < -0.4 is 5.32 Å². The normalized spacial score (nSPS) is 15.8. The standard InChI is InChI=1S/C14H20N2O4/c1-10-7-12(16-20-10)15-13(17)9-19-14(18)8-11-5-3-2-4-6-11/h7,11H,2-6,8-9H2,1H3,(H,15,16,17). The highest BCUT2D eigenvalue weighted by Crippen LogP contribution is 2.26. The summed E-state index contributed by atoms with van der Waals surface area (Å²) in [4.78, 5) is 23.2. The number of aromatic nitrogens is 1. The molecule has 1 saturated carbocycles. The summed E-state index contributed by atoms with van der Waals surface area (Å²) >= 11 is 0. The highest BCUT2D eigenvalue weighted by atomic mass is 16.5. The number of nitrogens with one attached hydrogen (secondary N) is 1. The van der Waals surface area contributed by atoms with Gasteiger partial charge in [-0.25, -0.2) is 0 Å². The van der Waals surface area contributed by atoms with E-state index < -0.39 is 5.91 Å². The molecule has 1 aliphatic carbocycles. The van der Waals surface area contributed by atoms with Crippen molar-refractivity contribution < 1.29 is 18.8 Å². The van der Waals surface area contributed by atoms with Crippen molar-refractivity contribution in [3.63, 3.8) is 0 Å². The van der Waals surface area contributed by atoms with Crippen molar-refractivity contribution in [2.24, 2.45) is 5.92 Å². The Balaban J connectivity index is 1.66. The van der Waals surface area contributed by atoms with Gasteiger partial charge in [-0.1, -0.05) is 24.4 Å². The minimum absolute atomic E-state index is 0.280. The Morgan fingerprint density at radius 2 is 2.15 bits per heavy atom. The monoisotopic (exact) mass is 280 g/mol. The Morgan fingerprint density at radius 3 is 2.80 bits per heavy atom. The molecular weight excluding hydrogens is 260 g/mol. The van der Waals surface area contributed by atoms with E-state index in [4.69, 9.17) is 9.26 Å². The van der Waals surface area contributed by atoms with Gasteiger partial charge in [-0.15, -0.1) is 0 Å². The number of anilines is 1. The molecule has 1 heterocycles. The van der Waals surface area contributed by atoms with Gasteiger partial charge in [0.1, 0.15) is 5.76 Å². The highest BCUT2D eigenvalue weighted by Gasteiger charge is 2.18. The molecule has 1 fully saturated rings. The van der Waals surface area contributed by atoms with Crippen LogP contribution in [0, 0.1) is 12.8 Å². The molecule has 1 aliphatic rings. The number of rotatable bonds is 5. The van der Waals surface area contributed by atoms with Gasteiger partial charge in [-0.3, -0.25) is 9.59 Å². The number of esters is 1. The van der Waals surface area contributed by atoms with Gasteiger partial charge in [0.15, 0.2) is 12.4 Å². The van der Waals surface area contributed by atoms with Crippen LogP contribution in [0.2, 0.25) is 0 Å². The first-order valence-electron chi connectivity index (χ1n) is 7.02. The SMILES string of the molecule is Cc1cc(NC(=O)COC(=O)CC2CCCCC2)no1. The van der Waals surface area contributed by atoms with Crippen LogP contribution in [0.5, 0.6) is 0 Å². The smallest absolute Gasteiger partial charge is 0.306 e. The van der Waals surface area contributed by atoms with Crippen LogP contribution >= 0.6 is 0 Å². The van der Waals surface area contributed by atoms with Crippen LogP contribution in [0.4, 0.5) is 5.82 Å². The summed E-state index contributed by atoms with van der Waals surface area (Å²) in [5.41, 5.74) is 0. The Morgan fingerprint density at radius 1 is 1.40 bits per heavy atom. The lowest BCUT2D eigenvalue weighted by atomic mass is 9.87. The van der Waals surface area contributed by atoms with Crippen molar-refractivity contribution in [1.82, 2.24) is 5.16 Å². The van der Waals surface area contributed by atoms with Gasteiger partial charge in [0.2, 0.25) is 0 Å². The van der Waals surface area contributed by atoms with E-state index in [2.05, 4.69) is 10.5 Å². The summed E-state index contributed by atoms with van der Waals surface area (Å²) in [7, 11) is 0. The lowest BCUT2D eigenvalue weighted by molar-refractivity contribution is -0.148. The number of carbonyl (C=O) groups excluding carboxylic acids is 2. The van der Waals surface area contributed by atoms with E-state index in [9.17, 15) is 9.59 Å². The van der Waals surface area contributed by atoms with E-state index in [0.717, 1.165) is 12.8 Å².